The highest BCUT2D eigenvalue weighted by molar-refractivity contribution is 9.10. The van der Waals surface area contributed by atoms with Gasteiger partial charge in [-0.05, 0) is 23.6 Å². The van der Waals surface area contributed by atoms with Gasteiger partial charge in [-0.15, -0.1) is 0 Å². The number of ether oxygens (including phenoxy) is 1. The Morgan fingerprint density at radius 3 is 2.80 bits per heavy atom. The topological polar surface area (TPSA) is 50.4 Å². The van der Waals surface area contributed by atoms with E-state index >= 15 is 0 Å². The van der Waals surface area contributed by atoms with Gasteiger partial charge in [0.2, 0.25) is 5.91 Å². The van der Waals surface area contributed by atoms with Crippen molar-refractivity contribution in [3.8, 4) is 0 Å². The Morgan fingerprint density at radius 2 is 2.15 bits per heavy atom. The summed E-state index contributed by atoms with van der Waals surface area (Å²) in [5, 5.41) is 6.28. The fourth-order valence-corrected chi connectivity index (χ4v) is 2.76. The molecule has 1 fully saturated rings. The van der Waals surface area contributed by atoms with Gasteiger partial charge in [-0.3, -0.25) is 4.79 Å². The fraction of sp³-hybridized carbons (Fsp3) is 0.533. The van der Waals surface area contributed by atoms with Crippen LogP contribution in [-0.4, -0.2) is 38.3 Å². The Hall–Kier alpha value is -0.910. The van der Waals surface area contributed by atoms with Crippen LogP contribution in [-0.2, 0) is 9.53 Å². The molecule has 1 aliphatic heterocycles. The van der Waals surface area contributed by atoms with Gasteiger partial charge in [0.15, 0.2) is 0 Å². The molecule has 2 N–H and O–H groups in total. The molecule has 110 valence electrons. The van der Waals surface area contributed by atoms with Crippen LogP contribution in [0.4, 0.5) is 0 Å². The van der Waals surface area contributed by atoms with Gasteiger partial charge in [0.25, 0.3) is 0 Å². The molecule has 4 nitrogen and oxygen atoms in total. The molecule has 1 heterocycles. The highest BCUT2D eigenvalue weighted by Gasteiger charge is 2.28. The molecule has 0 saturated carbocycles. The second-order valence-corrected chi connectivity index (χ2v) is 6.18. The molecule has 0 bridgehead atoms. The maximum absolute atomic E-state index is 12.1. The number of carbonyl (C=O) groups excluding carboxylic acids is 1. The Bertz CT molecular complexity index is 450. The first-order valence-corrected chi connectivity index (χ1v) is 7.67. The van der Waals surface area contributed by atoms with Gasteiger partial charge >= 0.3 is 0 Å². The first-order valence-electron chi connectivity index (χ1n) is 6.88. The van der Waals surface area contributed by atoms with Gasteiger partial charge < -0.3 is 15.4 Å². The average Bonchev–Trinajstić information content (AvgIpc) is 2.86. The zero-order valence-corrected chi connectivity index (χ0v) is 13.4. The standard InChI is InChI=1S/C15H21BrN2O2/c1-10(11-3-5-12(16)6-4-11)7-15(19)18-13-8-17-9-14(13)20-2/h3-6,10,13-14,17H,7-9H2,1-2H3,(H,18,19)/t10?,13?,14-/m0/s1. The van der Waals surface area contributed by atoms with Crippen LogP contribution in [0.3, 0.4) is 0 Å². The smallest absolute Gasteiger partial charge is 0.220 e. The molecule has 2 unspecified atom stereocenters. The Balaban J connectivity index is 1.86. The van der Waals surface area contributed by atoms with Gasteiger partial charge in [-0.2, -0.15) is 0 Å². The van der Waals surface area contributed by atoms with Gasteiger partial charge in [-0.1, -0.05) is 35.0 Å². The van der Waals surface area contributed by atoms with Crippen molar-refractivity contribution in [1.29, 1.82) is 0 Å². The summed E-state index contributed by atoms with van der Waals surface area (Å²) in [6, 6.07) is 8.19. The fourth-order valence-electron chi connectivity index (χ4n) is 2.50. The van der Waals surface area contributed by atoms with Crippen molar-refractivity contribution in [2.45, 2.75) is 31.4 Å². The minimum Gasteiger partial charge on any atom is -0.378 e. The van der Waals surface area contributed by atoms with E-state index in [1.807, 2.05) is 12.1 Å². The summed E-state index contributed by atoms with van der Waals surface area (Å²) in [5.74, 6) is 0.287. The molecule has 2 rings (SSSR count). The third-order valence-electron chi connectivity index (χ3n) is 3.74. The monoisotopic (exact) mass is 340 g/mol. The number of hydrogen-bond acceptors (Lipinski definition) is 3. The summed E-state index contributed by atoms with van der Waals surface area (Å²) >= 11 is 3.42. The Kier molecular flexibility index (Phi) is 5.57. The SMILES string of the molecule is CO[C@H]1CNCC1NC(=O)CC(C)c1ccc(Br)cc1. The quantitative estimate of drug-likeness (QED) is 0.862. The minimum absolute atomic E-state index is 0.0712. The Morgan fingerprint density at radius 1 is 1.45 bits per heavy atom. The van der Waals surface area contributed by atoms with Crippen LogP contribution < -0.4 is 10.6 Å². The molecule has 5 heteroatoms. The predicted molar refractivity (Wildman–Crippen MR) is 82.8 cm³/mol. The second kappa shape index (κ2) is 7.20. The molecule has 1 aromatic carbocycles. The molecule has 3 atom stereocenters. The largest absolute Gasteiger partial charge is 0.378 e. The van der Waals surface area contributed by atoms with Crippen molar-refractivity contribution in [3.05, 3.63) is 34.3 Å². The highest BCUT2D eigenvalue weighted by atomic mass is 79.9. The molecule has 20 heavy (non-hydrogen) atoms. The molecule has 1 aliphatic rings. The number of rotatable bonds is 5. The molecular weight excluding hydrogens is 320 g/mol. The van der Waals surface area contributed by atoms with Gasteiger partial charge in [-0.25, -0.2) is 0 Å². The third kappa shape index (κ3) is 4.04. The highest BCUT2D eigenvalue weighted by Crippen LogP contribution is 2.21. The lowest BCUT2D eigenvalue weighted by Gasteiger charge is -2.20. The molecule has 0 aliphatic carbocycles. The molecule has 0 radical (unpaired) electrons. The maximum atomic E-state index is 12.1. The molecule has 1 saturated heterocycles. The second-order valence-electron chi connectivity index (χ2n) is 5.26. The summed E-state index contributed by atoms with van der Waals surface area (Å²) in [6.45, 7) is 3.64. The molecule has 0 spiro atoms. The van der Waals surface area contributed by atoms with Gasteiger partial charge in [0, 0.05) is 31.1 Å². The maximum Gasteiger partial charge on any atom is 0.220 e. The van der Waals surface area contributed by atoms with Crippen LogP contribution in [0.2, 0.25) is 0 Å². The van der Waals surface area contributed by atoms with E-state index in [4.69, 9.17) is 4.74 Å². The summed E-state index contributed by atoms with van der Waals surface area (Å²) in [6.07, 6.45) is 0.566. The van der Waals surface area contributed by atoms with Crippen LogP contribution in [0.25, 0.3) is 0 Å². The molecule has 1 amide bonds. The first-order chi connectivity index (χ1) is 9.60. The van der Waals surface area contributed by atoms with Crippen molar-refractivity contribution >= 4 is 21.8 Å². The number of methoxy groups -OCH3 is 1. The van der Waals surface area contributed by atoms with Crippen LogP contribution in [0.1, 0.15) is 24.8 Å². The van der Waals surface area contributed by atoms with E-state index in [-0.39, 0.29) is 24.0 Å². The van der Waals surface area contributed by atoms with Crippen LogP contribution in [0.15, 0.2) is 28.7 Å². The number of carbonyl (C=O) groups is 1. The molecular formula is C15H21BrN2O2. The van der Waals surface area contributed by atoms with E-state index < -0.39 is 0 Å². The third-order valence-corrected chi connectivity index (χ3v) is 4.27. The zero-order chi connectivity index (χ0) is 14.5. The number of halogens is 1. The van der Waals surface area contributed by atoms with E-state index in [0.29, 0.717) is 6.42 Å². The predicted octanol–water partition coefficient (Wildman–Crippen LogP) is 2.05. The van der Waals surface area contributed by atoms with Gasteiger partial charge in [0.05, 0.1) is 12.1 Å². The van der Waals surface area contributed by atoms with Crippen LogP contribution in [0, 0.1) is 0 Å². The van der Waals surface area contributed by atoms with E-state index in [1.54, 1.807) is 7.11 Å². The number of benzene rings is 1. The normalized spacial score (nSPS) is 23.6. The average molecular weight is 341 g/mol. The number of nitrogens with one attached hydrogen (secondary N) is 2. The molecule has 0 aromatic heterocycles. The van der Waals surface area contributed by atoms with Crippen molar-refractivity contribution in [1.82, 2.24) is 10.6 Å². The number of amides is 1. The molecule has 1 aromatic rings. The van der Waals surface area contributed by atoms with Crippen molar-refractivity contribution in [2.75, 3.05) is 20.2 Å². The lowest BCUT2D eigenvalue weighted by atomic mass is 9.97. The lowest BCUT2D eigenvalue weighted by molar-refractivity contribution is -0.122. The van der Waals surface area contributed by atoms with Crippen molar-refractivity contribution < 1.29 is 9.53 Å². The summed E-state index contributed by atoms with van der Waals surface area (Å²) in [5.41, 5.74) is 1.18. The first kappa shape index (κ1) is 15.5. The number of hydrogen-bond donors (Lipinski definition) is 2. The van der Waals surface area contributed by atoms with E-state index in [0.717, 1.165) is 17.6 Å². The summed E-state index contributed by atoms with van der Waals surface area (Å²) in [4.78, 5) is 12.1. The van der Waals surface area contributed by atoms with Crippen molar-refractivity contribution in [3.63, 3.8) is 0 Å². The lowest BCUT2D eigenvalue weighted by Crippen LogP contribution is -2.43. The van der Waals surface area contributed by atoms with E-state index in [1.165, 1.54) is 5.56 Å². The summed E-state index contributed by atoms with van der Waals surface area (Å²) < 4.78 is 6.40. The summed E-state index contributed by atoms with van der Waals surface area (Å²) in [7, 11) is 1.68. The van der Waals surface area contributed by atoms with Crippen LogP contribution in [0.5, 0.6) is 0 Å². The van der Waals surface area contributed by atoms with Gasteiger partial charge in [0.1, 0.15) is 0 Å². The Labute approximate surface area is 128 Å². The minimum atomic E-state index is 0.0712. The van der Waals surface area contributed by atoms with E-state index in [9.17, 15) is 4.79 Å². The van der Waals surface area contributed by atoms with Crippen LogP contribution >= 0.6 is 15.9 Å². The van der Waals surface area contributed by atoms with Crippen molar-refractivity contribution in [2.24, 2.45) is 0 Å². The zero-order valence-electron chi connectivity index (χ0n) is 11.9. The van der Waals surface area contributed by atoms with E-state index in [2.05, 4.69) is 45.6 Å².